The van der Waals surface area contributed by atoms with Crippen LogP contribution in [0, 0.1) is 6.92 Å². The SMILES string of the molecule is COC(=O)c1ccsc1N1CC[C@H](N2CCC(NC(=O)c3ccccc3C)CC2)C1=O. The number of hydrogen-bond acceptors (Lipinski definition) is 6. The number of carbonyl (C=O) groups is 3. The van der Waals surface area contributed by atoms with Gasteiger partial charge < -0.3 is 15.0 Å². The van der Waals surface area contributed by atoms with Crippen LogP contribution in [-0.2, 0) is 9.53 Å². The van der Waals surface area contributed by atoms with Gasteiger partial charge in [0.25, 0.3) is 5.91 Å². The molecule has 0 spiro atoms. The maximum atomic E-state index is 13.1. The van der Waals surface area contributed by atoms with E-state index in [2.05, 4.69) is 10.2 Å². The van der Waals surface area contributed by atoms with Crippen LogP contribution in [-0.4, -0.2) is 61.5 Å². The van der Waals surface area contributed by atoms with Crippen LogP contribution in [0.4, 0.5) is 5.00 Å². The first-order valence-electron chi connectivity index (χ1n) is 10.6. The molecule has 3 heterocycles. The highest BCUT2D eigenvalue weighted by atomic mass is 32.1. The predicted molar refractivity (Wildman–Crippen MR) is 120 cm³/mol. The molecule has 2 aromatic rings. The lowest BCUT2D eigenvalue weighted by Gasteiger charge is -2.35. The number of amides is 2. The van der Waals surface area contributed by atoms with Crippen LogP contribution in [0.15, 0.2) is 35.7 Å². The number of carbonyl (C=O) groups excluding carboxylic acids is 3. The second kappa shape index (κ2) is 9.20. The van der Waals surface area contributed by atoms with E-state index in [1.54, 1.807) is 11.0 Å². The minimum absolute atomic E-state index is 0.0345. The Morgan fingerprint density at radius 2 is 1.81 bits per heavy atom. The van der Waals surface area contributed by atoms with Gasteiger partial charge in [-0.1, -0.05) is 18.2 Å². The largest absolute Gasteiger partial charge is 0.465 e. The molecule has 1 N–H and O–H groups in total. The van der Waals surface area contributed by atoms with Gasteiger partial charge in [0.15, 0.2) is 0 Å². The molecule has 164 valence electrons. The summed E-state index contributed by atoms with van der Waals surface area (Å²) in [6.45, 7) is 4.06. The minimum atomic E-state index is -0.419. The topological polar surface area (TPSA) is 79.0 Å². The fraction of sp³-hybridized carbons (Fsp3) is 0.435. The maximum absolute atomic E-state index is 13.1. The van der Waals surface area contributed by atoms with Crippen molar-refractivity contribution in [2.75, 3.05) is 31.6 Å². The number of aryl methyl sites for hydroxylation is 1. The molecule has 31 heavy (non-hydrogen) atoms. The summed E-state index contributed by atoms with van der Waals surface area (Å²) in [7, 11) is 1.35. The molecule has 1 aromatic heterocycles. The van der Waals surface area contributed by atoms with Crippen LogP contribution in [0.25, 0.3) is 0 Å². The van der Waals surface area contributed by atoms with E-state index in [0.29, 0.717) is 22.7 Å². The van der Waals surface area contributed by atoms with Crippen molar-refractivity contribution >= 4 is 34.1 Å². The van der Waals surface area contributed by atoms with Crippen LogP contribution < -0.4 is 10.2 Å². The summed E-state index contributed by atoms with van der Waals surface area (Å²) in [5.74, 6) is -0.416. The number of ether oxygens (including phenoxy) is 1. The summed E-state index contributed by atoms with van der Waals surface area (Å²) in [6.07, 6.45) is 2.36. The molecular formula is C23H27N3O4S. The molecule has 4 rings (SSSR count). The third kappa shape index (κ3) is 4.36. The molecule has 0 saturated carbocycles. The van der Waals surface area contributed by atoms with E-state index in [4.69, 9.17) is 4.74 Å². The van der Waals surface area contributed by atoms with Crippen molar-refractivity contribution in [3.8, 4) is 0 Å². The summed E-state index contributed by atoms with van der Waals surface area (Å²) in [5.41, 5.74) is 2.12. The van der Waals surface area contributed by atoms with Crippen LogP contribution in [0.2, 0.25) is 0 Å². The van der Waals surface area contributed by atoms with E-state index >= 15 is 0 Å². The molecule has 2 saturated heterocycles. The second-order valence-corrected chi connectivity index (χ2v) is 8.92. The lowest BCUT2D eigenvalue weighted by Crippen LogP contribution is -2.50. The van der Waals surface area contributed by atoms with Gasteiger partial charge in [0.2, 0.25) is 5.91 Å². The molecule has 2 aliphatic heterocycles. The number of esters is 1. The highest BCUT2D eigenvalue weighted by Crippen LogP contribution is 2.33. The molecule has 0 radical (unpaired) electrons. The zero-order chi connectivity index (χ0) is 22.0. The van der Waals surface area contributed by atoms with Crippen LogP contribution >= 0.6 is 11.3 Å². The van der Waals surface area contributed by atoms with E-state index in [1.165, 1.54) is 18.4 Å². The molecule has 1 aromatic carbocycles. The minimum Gasteiger partial charge on any atom is -0.465 e. The molecule has 1 atom stereocenters. The van der Waals surface area contributed by atoms with Gasteiger partial charge in [0.05, 0.1) is 18.7 Å². The number of nitrogens with one attached hydrogen (secondary N) is 1. The van der Waals surface area contributed by atoms with Crippen LogP contribution in [0.5, 0.6) is 0 Å². The summed E-state index contributed by atoms with van der Waals surface area (Å²) in [4.78, 5) is 41.6. The Bertz CT molecular complexity index is 981. The Hall–Kier alpha value is -2.71. The smallest absolute Gasteiger partial charge is 0.340 e. The van der Waals surface area contributed by atoms with Gasteiger partial charge >= 0.3 is 5.97 Å². The molecule has 0 unspecified atom stereocenters. The van der Waals surface area contributed by atoms with Gasteiger partial charge in [-0.05, 0) is 49.3 Å². The first-order chi connectivity index (χ1) is 15.0. The summed E-state index contributed by atoms with van der Waals surface area (Å²) in [6, 6.07) is 9.22. The average molecular weight is 442 g/mol. The summed E-state index contributed by atoms with van der Waals surface area (Å²) in [5, 5.41) is 5.62. The number of hydrogen-bond donors (Lipinski definition) is 1. The predicted octanol–water partition coefficient (Wildman–Crippen LogP) is 2.84. The number of rotatable bonds is 5. The van der Waals surface area contributed by atoms with E-state index in [1.807, 2.05) is 36.6 Å². The normalized spacial score (nSPS) is 20.1. The molecule has 0 bridgehead atoms. The quantitative estimate of drug-likeness (QED) is 0.722. The van der Waals surface area contributed by atoms with Crippen molar-refractivity contribution in [1.82, 2.24) is 10.2 Å². The van der Waals surface area contributed by atoms with Crippen molar-refractivity contribution in [2.45, 2.75) is 38.3 Å². The highest BCUT2D eigenvalue weighted by Gasteiger charge is 2.39. The van der Waals surface area contributed by atoms with E-state index in [0.717, 1.165) is 37.9 Å². The maximum Gasteiger partial charge on any atom is 0.340 e. The number of piperidine rings is 1. The number of methoxy groups -OCH3 is 1. The van der Waals surface area contributed by atoms with E-state index in [9.17, 15) is 14.4 Å². The van der Waals surface area contributed by atoms with Crippen LogP contribution in [0.1, 0.15) is 45.5 Å². The van der Waals surface area contributed by atoms with Gasteiger partial charge in [0, 0.05) is 31.2 Å². The molecule has 0 aliphatic carbocycles. The number of thiophene rings is 1. The number of benzene rings is 1. The lowest BCUT2D eigenvalue weighted by molar-refractivity contribution is -0.122. The average Bonchev–Trinajstić information content (AvgIpc) is 3.40. The Kier molecular flexibility index (Phi) is 6.38. The summed E-state index contributed by atoms with van der Waals surface area (Å²) < 4.78 is 4.84. The van der Waals surface area contributed by atoms with Crippen molar-refractivity contribution in [3.05, 3.63) is 52.4 Å². The molecule has 2 fully saturated rings. The molecule has 2 aliphatic rings. The van der Waals surface area contributed by atoms with Gasteiger partial charge in [-0.15, -0.1) is 11.3 Å². The van der Waals surface area contributed by atoms with E-state index in [-0.39, 0.29) is 23.9 Å². The van der Waals surface area contributed by atoms with Crippen molar-refractivity contribution in [1.29, 1.82) is 0 Å². The Balaban J connectivity index is 1.34. The monoisotopic (exact) mass is 441 g/mol. The molecule has 8 heteroatoms. The highest BCUT2D eigenvalue weighted by molar-refractivity contribution is 7.14. The van der Waals surface area contributed by atoms with Crippen molar-refractivity contribution in [3.63, 3.8) is 0 Å². The zero-order valence-electron chi connectivity index (χ0n) is 17.8. The van der Waals surface area contributed by atoms with Gasteiger partial charge in [-0.25, -0.2) is 4.79 Å². The second-order valence-electron chi connectivity index (χ2n) is 8.02. The fourth-order valence-corrected chi connectivity index (χ4v) is 5.35. The fourth-order valence-electron chi connectivity index (χ4n) is 4.43. The van der Waals surface area contributed by atoms with Gasteiger partial charge in [0.1, 0.15) is 5.00 Å². The van der Waals surface area contributed by atoms with Crippen molar-refractivity contribution in [2.24, 2.45) is 0 Å². The summed E-state index contributed by atoms with van der Waals surface area (Å²) >= 11 is 1.39. The zero-order valence-corrected chi connectivity index (χ0v) is 18.6. The molecular weight excluding hydrogens is 414 g/mol. The first kappa shape index (κ1) is 21.5. The number of anilines is 1. The Labute approximate surface area is 186 Å². The Morgan fingerprint density at radius 1 is 1.06 bits per heavy atom. The standard InChI is InChI=1S/C23H27N3O4S/c1-15-5-3-4-6-17(15)20(27)24-16-7-11-25(12-8-16)19-9-13-26(21(19)28)22-18(10-14-31-22)23(29)30-2/h3-6,10,14,16,19H,7-9,11-13H2,1-2H3,(H,24,27)/t19-/m0/s1. The Morgan fingerprint density at radius 3 is 2.52 bits per heavy atom. The van der Waals surface area contributed by atoms with Gasteiger partial charge in [-0.3, -0.25) is 14.5 Å². The van der Waals surface area contributed by atoms with Gasteiger partial charge in [-0.2, -0.15) is 0 Å². The first-order valence-corrected chi connectivity index (χ1v) is 11.4. The number of likely N-dealkylation sites (tertiary alicyclic amines) is 1. The molecule has 7 nitrogen and oxygen atoms in total. The third-order valence-electron chi connectivity index (χ3n) is 6.17. The number of nitrogens with zero attached hydrogens (tertiary/aromatic N) is 2. The molecule has 2 amide bonds. The third-order valence-corrected chi connectivity index (χ3v) is 7.10. The van der Waals surface area contributed by atoms with Crippen molar-refractivity contribution < 1.29 is 19.1 Å². The van der Waals surface area contributed by atoms with Crippen LogP contribution in [0.3, 0.4) is 0 Å². The van der Waals surface area contributed by atoms with E-state index < -0.39 is 5.97 Å². The lowest BCUT2D eigenvalue weighted by atomic mass is 10.0.